The number of hydrogen-bond donors (Lipinski definition) is 1. The van der Waals surface area contributed by atoms with Crippen LogP contribution in [0.2, 0.25) is 0 Å². The average Bonchev–Trinajstić information content (AvgIpc) is 2.45. The van der Waals surface area contributed by atoms with Crippen LogP contribution in [0, 0.1) is 0 Å². The van der Waals surface area contributed by atoms with Crippen molar-refractivity contribution >= 4 is 11.8 Å². The maximum atomic E-state index is 3.55. The van der Waals surface area contributed by atoms with Crippen molar-refractivity contribution in [3.63, 3.8) is 0 Å². The molecule has 2 unspecified atom stereocenters. The first-order valence-corrected chi connectivity index (χ1v) is 6.16. The largest absolute Gasteiger partial charge is 0.304 e. The van der Waals surface area contributed by atoms with Gasteiger partial charge in [-0.25, -0.2) is 0 Å². The highest BCUT2D eigenvalue weighted by Gasteiger charge is 2.19. The number of hydrogen-bond acceptors (Lipinski definition) is 2. The molecule has 12 heavy (non-hydrogen) atoms. The Morgan fingerprint density at radius 1 is 1.33 bits per heavy atom. The Bertz CT molecular complexity index is 116. The number of unbranched alkanes of at least 4 members (excludes halogenated alkanes) is 3. The number of nitrogens with one attached hydrogen (secondary N) is 1. The van der Waals surface area contributed by atoms with Crippen LogP contribution in [0.3, 0.4) is 0 Å². The molecule has 1 saturated heterocycles. The van der Waals surface area contributed by atoms with E-state index in [-0.39, 0.29) is 0 Å². The van der Waals surface area contributed by atoms with E-state index in [9.17, 15) is 0 Å². The summed E-state index contributed by atoms with van der Waals surface area (Å²) in [5, 5.41) is 5.14. The number of rotatable bonds is 5. The summed E-state index contributed by atoms with van der Waals surface area (Å²) in [6.45, 7) is 5.79. The molecule has 0 saturated carbocycles. The van der Waals surface area contributed by atoms with Crippen molar-refractivity contribution in [2.45, 2.75) is 56.6 Å². The molecule has 0 aromatic carbocycles. The molecule has 0 aromatic rings. The highest BCUT2D eigenvalue weighted by atomic mass is 32.2. The van der Waals surface area contributed by atoms with E-state index in [0.717, 1.165) is 10.6 Å². The second-order valence-electron chi connectivity index (χ2n) is 3.69. The van der Waals surface area contributed by atoms with E-state index < -0.39 is 0 Å². The Labute approximate surface area is 80.7 Å². The fraction of sp³-hybridized carbons (Fsp3) is 1.00. The molecule has 0 spiro atoms. The van der Waals surface area contributed by atoms with Gasteiger partial charge < -0.3 is 5.32 Å². The highest BCUT2D eigenvalue weighted by molar-refractivity contribution is 8.00. The summed E-state index contributed by atoms with van der Waals surface area (Å²) >= 11 is 2.11. The van der Waals surface area contributed by atoms with E-state index in [4.69, 9.17) is 0 Å². The minimum atomic E-state index is 0.761. The lowest BCUT2D eigenvalue weighted by Gasteiger charge is -2.08. The maximum Gasteiger partial charge on any atom is 0.0535 e. The summed E-state index contributed by atoms with van der Waals surface area (Å²) < 4.78 is 0. The lowest BCUT2D eigenvalue weighted by Crippen LogP contribution is -2.19. The smallest absolute Gasteiger partial charge is 0.0535 e. The topological polar surface area (TPSA) is 12.0 Å². The van der Waals surface area contributed by atoms with Gasteiger partial charge in [-0.2, -0.15) is 0 Å². The fourth-order valence-electron chi connectivity index (χ4n) is 1.60. The van der Waals surface area contributed by atoms with Crippen LogP contribution >= 0.6 is 11.8 Å². The summed E-state index contributed by atoms with van der Waals surface area (Å²) in [5.74, 6) is 0. The Hall–Kier alpha value is 0.310. The molecule has 1 aliphatic heterocycles. The zero-order chi connectivity index (χ0) is 8.81. The Kier molecular flexibility index (Phi) is 5.08. The molecule has 1 rings (SSSR count). The van der Waals surface area contributed by atoms with Gasteiger partial charge in [-0.05, 0) is 6.42 Å². The van der Waals surface area contributed by atoms with Gasteiger partial charge in [0.15, 0.2) is 0 Å². The molecule has 0 radical (unpaired) electrons. The molecule has 0 aliphatic carbocycles. The van der Waals surface area contributed by atoms with E-state index in [1.54, 1.807) is 0 Å². The zero-order valence-corrected chi connectivity index (χ0v) is 9.12. The van der Waals surface area contributed by atoms with Crippen LogP contribution < -0.4 is 5.32 Å². The second kappa shape index (κ2) is 5.87. The standard InChI is InChI=1S/C10H21NS/c1-3-4-5-6-7-10-11-8-9(2)12-10/h9-11H,3-8H2,1-2H3. The summed E-state index contributed by atoms with van der Waals surface area (Å²) in [6.07, 6.45) is 6.96. The summed E-state index contributed by atoms with van der Waals surface area (Å²) in [6, 6.07) is 0. The van der Waals surface area contributed by atoms with E-state index >= 15 is 0 Å². The molecule has 0 aromatic heterocycles. The minimum Gasteiger partial charge on any atom is -0.304 e. The van der Waals surface area contributed by atoms with E-state index in [1.807, 2.05) is 0 Å². The molecule has 1 nitrogen and oxygen atoms in total. The van der Waals surface area contributed by atoms with Crippen LogP contribution in [-0.2, 0) is 0 Å². The number of thioether (sulfide) groups is 1. The average molecular weight is 187 g/mol. The quantitative estimate of drug-likeness (QED) is 0.664. The third-order valence-electron chi connectivity index (χ3n) is 2.35. The second-order valence-corrected chi connectivity index (χ2v) is 5.34. The molecule has 2 heteroatoms. The van der Waals surface area contributed by atoms with Gasteiger partial charge >= 0.3 is 0 Å². The van der Waals surface area contributed by atoms with Crippen molar-refractivity contribution in [3.05, 3.63) is 0 Å². The van der Waals surface area contributed by atoms with Gasteiger partial charge in [-0.1, -0.05) is 39.5 Å². The Morgan fingerprint density at radius 2 is 2.17 bits per heavy atom. The van der Waals surface area contributed by atoms with Gasteiger partial charge in [0.25, 0.3) is 0 Å². The van der Waals surface area contributed by atoms with Gasteiger partial charge in [0.05, 0.1) is 5.37 Å². The highest BCUT2D eigenvalue weighted by Crippen LogP contribution is 2.25. The molecule has 1 fully saturated rings. The molecule has 0 amide bonds. The van der Waals surface area contributed by atoms with Crippen LogP contribution in [0.25, 0.3) is 0 Å². The van der Waals surface area contributed by atoms with Crippen LogP contribution in [-0.4, -0.2) is 17.2 Å². The molecule has 0 bridgehead atoms. The van der Waals surface area contributed by atoms with Crippen LogP contribution in [0.5, 0.6) is 0 Å². The van der Waals surface area contributed by atoms with Crippen LogP contribution in [0.4, 0.5) is 0 Å². The van der Waals surface area contributed by atoms with Crippen LogP contribution in [0.1, 0.15) is 46.0 Å². The monoisotopic (exact) mass is 187 g/mol. The molecule has 2 atom stereocenters. The molecular weight excluding hydrogens is 166 g/mol. The van der Waals surface area contributed by atoms with Gasteiger partial charge in [0, 0.05) is 11.8 Å². The van der Waals surface area contributed by atoms with Gasteiger partial charge in [-0.15, -0.1) is 11.8 Å². The van der Waals surface area contributed by atoms with E-state index in [2.05, 4.69) is 30.9 Å². The van der Waals surface area contributed by atoms with Crippen LogP contribution in [0.15, 0.2) is 0 Å². The Morgan fingerprint density at radius 3 is 2.75 bits per heavy atom. The van der Waals surface area contributed by atoms with Gasteiger partial charge in [-0.3, -0.25) is 0 Å². The minimum absolute atomic E-state index is 0.761. The normalized spacial score (nSPS) is 29.5. The predicted octanol–water partition coefficient (Wildman–Crippen LogP) is 3.01. The summed E-state index contributed by atoms with van der Waals surface area (Å²) in [4.78, 5) is 0. The van der Waals surface area contributed by atoms with Crippen molar-refractivity contribution in [2.24, 2.45) is 0 Å². The maximum absolute atomic E-state index is 3.55. The van der Waals surface area contributed by atoms with Crippen molar-refractivity contribution in [1.29, 1.82) is 0 Å². The van der Waals surface area contributed by atoms with Crippen molar-refractivity contribution in [1.82, 2.24) is 5.32 Å². The zero-order valence-electron chi connectivity index (χ0n) is 8.31. The predicted molar refractivity (Wildman–Crippen MR) is 57.6 cm³/mol. The molecule has 72 valence electrons. The lowest BCUT2D eigenvalue weighted by atomic mass is 10.1. The fourth-order valence-corrected chi connectivity index (χ4v) is 2.85. The van der Waals surface area contributed by atoms with Gasteiger partial charge in [0.1, 0.15) is 0 Å². The van der Waals surface area contributed by atoms with Crippen molar-refractivity contribution < 1.29 is 0 Å². The Balaban J connectivity index is 1.93. The summed E-state index contributed by atoms with van der Waals surface area (Å²) in [7, 11) is 0. The first-order valence-electron chi connectivity index (χ1n) is 5.21. The summed E-state index contributed by atoms with van der Waals surface area (Å²) in [5.41, 5.74) is 0. The first-order chi connectivity index (χ1) is 5.83. The lowest BCUT2D eigenvalue weighted by molar-refractivity contribution is 0.577. The third kappa shape index (κ3) is 3.81. The van der Waals surface area contributed by atoms with E-state index in [0.29, 0.717) is 0 Å². The van der Waals surface area contributed by atoms with Crippen molar-refractivity contribution in [3.8, 4) is 0 Å². The SMILES string of the molecule is CCCCCCC1NCC(C)S1. The molecule has 1 N–H and O–H groups in total. The molecule has 1 aliphatic rings. The third-order valence-corrected chi connectivity index (χ3v) is 3.71. The molecular formula is C10H21NS. The van der Waals surface area contributed by atoms with Crippen molar-refractivity contribution in [2.75, 3.05) is 6.54 Å². The van der Waals surface area contributed by atoms with Gasteiger partial charge in [0.2, 0.25) is 0 Å². The molecule has 1 heterocycles. The van der Waals surface area contributed by atoms with E-state index in [1.165, 1.54) is 38.6 Å². The first kappa shape index (κ1) is 10.4.